The highest BCUT2D eigenvalue weighted by atomic mass is 32.2. The third kappa shape index (κ3) is 8.09. The van der Waals surface area contributed by atoms with Gasteiger partial charge in [-0.2, -0.15) is 11.8 Å². The lowest BCUT2D eigenvalue weighted by Crippen LogP contribution is -1.77. The first kappa shape index (κ1) is 10.1. The molecule has 0 rings (SSSR count). The molecule has 0 amide bonds. The zero-order chi connectivity index (χ0) is 7.82. The first-order valence-corrected chi connectivity index (χ1v) is 4.93. The normalized spacial score (nSPS) is 9.50. The van der Waals surface area contributed by atoms with Gasteiger partial charge in [-0.3, -0.25) is 0 Å². The molecule has 0 unspecified atom stereocenters. The van der Waals surface area contributed by atoms with Gasteiger partial charge in [-0.25, -0.2) is 0 Å². The Morgan fingerprint density at radius 2 is 2.10 bits per heavy atom. The van der Waals surface area contributed by atoms with Crippen LogP contribution in [0.1, 0.15) is 33.1 Å². The molecule has 0 aliphatic carbocycles. The van der Waals surface area contributed by atoms with Gasteiger partial charge in [0.25, 0.3) is 0 Å². The second-order valence-electron chi connectivity index (χ2n) is 2.69. The first-order chi connectivity index (χ1) is 4.77. The summed E-state index contributed by atoms with van der Waals surface area (Å²) in [5.74, 6) is 1.20. The molecule has 0 aromatic rings. The maximum Gasteiger partial charge on any atom is 0.00235 e. The zero-order valence-electron chi connectivity index (χ0n) is 7.02. The summed E-state index contributed by atoms with van der Waals surface area (Å²) >= 11 is 1.69. The molecule has 1 heteroatoms. The first-order valence-electron chi connectivity index (χ1n) is 3.77. The fraction of sp³-hybridized carbons (Fsp3) is 0.667. The maximum absolute atomic E-state index is 3.72. The molecule has 0 nitrogen and oxygen atoms in total. The molecular weight excluding hydrogens is 140 g/mol. The van der Waals surface area contributed by atoms with Gasteiger partial charge in [0.05, 0.1) is 0 Å². The molecule has 0 heterocycles. The van der Waals surface area contributed by atoms with Crippen molar-refractivity contribution < 1.29 is 0 Å². The fourth-order valence-electron chi connectivity index (χ4n) is 0.739. The molecule has 0 fully saturated rings. The van der Waals surface area contributed by atoms with E-state index in [1.54, 1.807) is 11.8 Å². The summed E-state index contributed by atoms with van der Waals surface area (Å²) in [5.41, 5.74) is 1.43. The van der Waals surface area contributed by atoms with Crippen LogP contribution >= 0.6 is 11.8 Å². The van der Waals surface area contributed by atoms with Gasteiger partial charge in [-0.15, -0.1) is 0 Å². The molecule has 0 saturated carbocycles. The summed E-state index contributed by atoms with van der Waals surface area (Å²) in [6.45, 7) is 4.30. The Morgan fingerprint density at radius 1 is 1.40 bits per heavy atom. The quantitative estimate of drug-likeness (QED) is 0.433. The van der Waals surface area contributed by atoms with Gasteiger partial charge < -0.3 is 0 Å². The lowest BCUT2D eigenvalue weighted by Gasteiger charge is -1.94. The van der Waals surface area contributed by atoms with E-state index in [1.165, 1.54) is 30.6 Å². The van der Waals surface area contributed by atoms with Crippen molar-refractivity contribution in [2.45, 2.75) is 33.1 Å². The van der Waals surface area contributed by atoms with Crippen LogP contribution in [-0.4, -0.2) is 5.75 Å². The van der Waals surface area contributed by atoms with Gasteiger partial charge >= 0.3 is 0 Å². The molecule has 1 radical (unpaired) electrons. The van der Waals surface area contributed by atoms with E-state index in [-0.39, 0.29) is 0 Å². The molecule has 0 aromatic carbocycles. The fourth-order valence-corrected chi connectivity index (χ4v) is 1.15. The van der Waals surface area contributed by atoms with Crippen LogP contribution in [0.2, 0.25) is 0 Å². The Hall–Kier alpha value is 0.0900. The Kier molecular flexibility index (Phi) is 7.26. The summed E-state index contributed by atoms with van der Waals surface area (Å²) in [4.78, 5) is 0. The van der Waals surface area contributed by atoms with Crippen molar-refractivity contribution >= 4 is 11.8 Å². The van der Waals surface area contributed by atoms with Crippen molar-refractivity contribution in [1.29, 1.82) is 0 Å². The second-order valence-corrected chi connectivity index (χ2v) is 3.50. The van der Waals surface area contributed by atoms with E-state index in [4.69, 9.17) is 0 Å². The van der Waals surface area contributed by atoms with Crippen LogP contribution in [0.25, 0.3) is 0 Å². The Labute approximate surface area is 69.1 Å². The minimum Gasteiger partial charge on any atom is -0.161 e. The number of rotatable bonds is 5. The van der Waals surface area contributed by atoms with Crippen LogP contribution < -0.4 is 0 Å². The van der Waals surface area contributed by atoms with E-state index in [0.29, 0.717) is 0 Å². The molecule has 0 bridgehead atoms. The Balaban J connectivity index is 2.98. The van der Waals surface area contributed by atoms with E-state index < -0.39 is 0 Å². The number of hydrogen-bond donors (Lipinski definition) is 0. The highest BCUT2D eigenvalue weighted by Gasteiger charge is 1.84. The minimum absolute atomic E-state index is 1.20. The largest absolute Gasteiger partial charge is 0.161 e. The lowest BCUT2D eigenvalue weighted by atomic mass is 10.2. The molecule has 0 aliphatic heterocycles. The van der Waals surface area contributed by atoms with Crippen molar-refractivity contribution in [3.63, 3.8) is 0 Å². The molecule has 59 valence electrons. The molecule has 10 heavy (non-hydrogen) atoms. The predicted octanol–water partition coefficient (Wildman–Crippen LogP) is 3.65. The van der Waals surface area contributed by atoms with Crippen molar-refractivity contribution in [1.82, 2.24) is 0 Å². The molecule has 0 aliphatic rings. The van der Waals surface area contributed by atoms with E-state index in [9.17, 15) is 0 Å². The van der Waals surface area contributed by atoms with E-state index in [2.05, 4.69) is 26.2 Å². The lowest BCUT2D eigenvalue weighted by molar-refractivity contribution is 0.819. The average molecular weight is 157 g/mol. The monoisotopic (exact) mass is 157 g/mol. The third-order valence-corrected chi connectivity index (χ3v) is 1.87. The van der Waals surface area contributed by atoms with Gasteiger partial charge in [0.15, 0.2) is 0 Å². The standard InChI is InChI=1S/C9H17S/c1-9(2)7-5-4-6-8-10-3/h7H,3-6,8H2,1-2H3. The summed E-state index contributed by atoms with van der Waals surface area (Å²) < 4.78 is 0. The van der Waals surface area contributed by atoms with Crippen molar-refractivity contribution in [3.05, 3.63) is 17.9 Å². The van der Waals surface area contributed by atoms with Crippen LogP contribution in [0.5, 0.6) is 0 Å². The third-order valence-electron chi connectivity index (χ3n) is 1.30. The summed E-state index contributed by atoms with van der Waals surface area (Å²) in [7, 11) is 0. The molecule has 0 aromatic heterocycles. The van der Waals surface area contributed by atoms with E-state index in [1.807, 2.05) is 0 Å². The topological polar surface area (TPSA) is 0 Å². The summed E-state index contributed by atoms with van der Waals surface area (Å²) in [6, 6.07) is 0. The van der Waals surface area contributed by atoms with Crippen molar-refractivity contribution in [2.75, 3.05) is 5.75 Å². The summed E-state index contributed by atoms with van der Waals surface area (Å²) in [6.07, 6.45) is 9.87. The van der Waals surface area contributed by atoms with E-state index in [0.717, 1.165) is 0 Å². The second kappa shape index (κ2) is 7.20. The smallest absolute Gasteiger partial charge is 0.00235 e. The summed E-state index contributed by atoms with van der Waals surface area (Å²) in [5, 5.41) is 0. The minimum atomic E-state index is 1.20. The van der Waals surface area contributed by atoms with Crippen molar-refractivity contribution in [3.8, 4) is 0 Å². The van der Waals surface area contributed by atoms with Crippen LogP contribution in [0.15, 0.2) is 11.6 Å². The molecule has 0 N–H and O–H groups in total. The average Bonchev–Trinajstić information content (AvgIpc) is 1.87. The number of hydrogen-bond acceptors (Lipinski definition) is 1. The Morgan fingerprint density at radius 3 is 2.60 bits per heavy atom. The van der Waals surface area contributed by atoms with Gasteiger partial charge in [-0.1, -0.05) is 11.6 Å². The van der Waals surface area contributed by atoms with Crippen LogP contribution in [0.4, 0.5) is 0 Å². The van der Waals surface area contributed by atoms with Crippen LogP contribution in [0, 0.1) is 6.26 Å². The number of unbranched alkanes of at least 4 members (excludes halogenated alkanes) is 2. The van der Waals surface area contributed by atoms with Gasteiger partial charge in [0, 0.05) is 6.26 Å². The van der Waals surface area contributed by atoms with Gasteiger partial charge in [-0.05, 0) is 38.9 Å². The number of thioether (sulfide) groups is 1. The highest BCUT2D eigenvalue weighted by molar-refractivity contribution is 8.00. The van der Waals surface area contributed by atoms with E-state index >= 15 is 0 Å². The molecule has 0 atom stereocenters. The Bertz CT molecular complexity index is 90.9. The van der Waals surface area contributed by atoms with Crippen molar-refractivity contribution in [2.24, 2.45) is 0 Å². The van der Waals surface area contributed by atoms with Gasteiger partial charge in [0.1, 0.15) is 0 Å². The molecule has 0 spiro atoms. The van der Waals surface area contributed by atoms with Crippen LogP contribution in [-0.2, 0) is 0 Å². The maximum atomic E-state index is 3.72. The van der Waals surface area contributed by atoms with Gasteiger partial charge in [0.2, 0.25) is 0 Å². The van der Waals surface area contributed by atoms with Crippen LogP contribution in [0.3, 0.4) is 0 Å². The highest BCUT2D eigenvalue weighted by Crippen LogP contribution is 2.05. The predicted molar refractivity (Wildman–Crippen MR) is 51.1 cm³/mol. The molecular formula is C9H17S. The SMILES string of the molecule is [CH2]SCCCCC=C(C)C. The molecule has 0 saturated heterocycles. The zero-order valence-corrected chi connectivity index (χ0v) is 7.84. The number of allylic oxidation sites excluding steroid dienone is 2.